The highest BCUT2D eigenvalue weighted by Gasteiger charge is 1.98. The molecule has 1 amide bonds. The molecule has 0 aliphatic heterocycles. The summed E-state index contributed by atoms with van der Waals surface area (Å²) in [4.78, 5) is 14.9. The fourth-order valence-corrected chi connectivity index (χ4v) is 1.30. The second-order valence-corrected chi connectivity index (χ2v) is 3.28. The monoisotopic (exact) mass is 227 g/mol. The molecule has 0 aliphatic rings. The number of rotatable bonds is 5. The minimum atomic E-state index is -0.426. The zero-order valence-corrected chi connectivity index (χ0v) is 9.21. The maximum absolute atomic E-state index is 10.9. The highest BCUT2D eigenvalue weighted by molar-refractivity contribution is 7.97. The first-order chi connectivity index (χ1) is 7.33. The molecule has 5 nitrogen and oxygen atoms in total. The summed E-state index contributed by atoms with van der Waals surface area (Å²) in [7, 11) is 0. The summed E-state index contributed by atoms with van der Waals surface area (Å²) in [6.07, 6.45) is 1.27. The van der Waals surface area contributed by atoms with Gasteiger partial charge in [0.2, 0.25) is 0 Å². The number of carbonyl (C=O) groups is 1. The topological polar surface area (TPSA) is 63.2 Å². The van der Waals surface area contributed by atoms with E-state index in [1.165, 1.54) is 11.9 Å². The first kappa shape index (κ1) is 11.6. The van der Waals surface area contributed by atoms with E-state index in [-0.39, 0.29) is 0 Å². The number of aromatic nitrogens is 1. The maximum Gasteiger partial charge on any atom is 0.417 e. The number of hydrogen-bond acceptors (Lipinski definition) is 5. The van der Waals surface area contributed by atoms with Crippen LogP contribution in [-0.4, -0.2) is 23.6 Å². The van der Waals surface area contributed by atoms with Crippen LogP contribution in [0.4, 0.5) is 10.6 Å². The zero-order valence-electron chi connectivity index (χ0n) is 8.40. The summed E-state index contributed by atoms with van der Waals surface area (Å²) < 4.78 is 7.20. The van der Waals surface area contributed by atoms with Crippen molar-refractivity contribution < 1.29 is 9.53 Å². The van der Waals surface area contributed by atoms with Gasteiger partial charge >= 0.3 is 6.09 Å². The molecule has 0 fully saturated rings. The minimum Gasteiger partial charge on any atom is -0.449 e. The number of amides is 1. The van der Waals surface area contributed by atoms with Crippen molar-refractivity contribution >= 4 is 23.9 Å². The van der Waals surface area contributed by atoms with E-state index < -0.39 is 6.09 Å². The summed E-state index contributed by atoms with van der Waals surface area (Å²) in [5.74, 6) is 1.31. The van der Waals surface area contributed by atoms with Gasteiger partial charge in [-0.2, -0.15) is 0 Å². The second-order valence-electron chi connectivity index (χ2n) is 2.50. The van der Waals surface area contributed by atoms with Gasteiger partial charge < -0.3 is 10.1 Å². The number of pyridine rings is 1. The van der Waals surface area contributed by atoms with E-state index >= 15 is 0 Å². The lowest BCUT2D eigenvalue weighted by Crippen LogP contribution is -2.19. The van der Waals surface area contributed by atoms with E-state index in [9.17, 15) is 4.79 Å². The van der Waals surface area contributed by atoms with Crippen LogP contribution in [0.25, 0.3) is 0 Å². The van der Waals surface area contributed by atoms with Crippen LogP contribution in [0.1, 0.15) is 6.92 Å². The van der Waals surface area contributed by atoms with Crippen LogP contribution >= 0.6 is 11.9 Å². The molecule has 2 N–H and O–H groups in total. The van der Waals surface area contributed by atoms with E-state index in [0.717, 1.165) is 5.82 Å². The van der Waals surface area contributed by atoms with Crippen LogP contribution in [-0.2, 0) is 4.74 Å². The number of hydrogen-bond donors (Lipinski definition) is 2. The molecule has 0 unspecified atom stereocenters. The molecule has 1 aromatic rings. The van der Waals surface area contributed by atoms with Crippen molar-refractivity contribution in [1.29, 1.82) is 0 Å². The standard InChI is InChI=1S/C9H13N3O2S/c1-2-14-9(13)12-15-7-11-8-5-3-4-6-10-8/h3-6H,2,7H2,1H3,(H,10,11)(H,12,13). The molecule has 1 heterocycles. The smallest absolute Gasteiger partial charge is 0.417 e. The molecule has 1 aromatic heterocycles. The third-order valence-corrected chi connectivity index (χ3v) is 2.02. The van der Waals surface area contributed by atoms with Gasteiger partial charge in [-0.05, 0) is 31.0 Å². The maximum atomic E-state index is 10.9. The Morgan fingerprint density at radius 2 is 2.47 bits per heavy atom. The van der Waals surface area contributed by atoms with Gasteiger partial charge in [0.1, 0.15) is 5.82 Å². The molecule has 0 spiro atoms. The fourth-order valence-electron chi connectivity index (χ4n) is 0.833. The van der Waals surface area contributed by atoms with E-state index in [4.69, 9.17) is 0 Å². The van der Waals surface area contributed by atoms with Crippen LogP contribution in [0.5, 0.6) is 0 Å². The van der Waals surface area contributed by atoms with Gasteiger partial charge in [-0.25, -0.2) is 9.78 Å². The molecular formula is C9H13N3O2S. The molecule has 0 saturated heterocycles. The molecule has 0 bridgehead atoms. The van der Waals surface area contributed by atoms with Crippen LogP contribution < -0.4 is 10.0 Å². The fraction of sp³-hybridized carbons (Fsp3) is 0.333. The number of anilines is 1. The van der Waals surface area contributed by atoms with E-state index in [1.807, 2.05) is 18.2 Å². The largest absolute Gasteiger partial charge is 0.449 e. The van der Waals surface area contributed by atoms with Crippen LogP contribution in [0, 0.1) is 0 Å². The van der Waals surface area contributed by atoms with Crippen molar-refractivity contribution in [2.45, 2.75) is 6.92 Å². The number of nitrogens with one attached hydrogen (secondary N) is 2. The van der Waals surface area contributed by atoms with Crippen LogP contribution in [0.15, 0.2) is 24.4 Å². The lowest BCUT2D eigenvalue weighted by molar-refractivity contribution is 0.159. The van der Waals surface area contributed by atoms with Crippen molar-refractivity contribution in [3.8, 4) is 0 Å². The summed E-state index contributed by atoms with van der Waals surface area (Å²) in [6.45, 7) is 2.14. The van der Waals surface area contributed by atoms with Crippen LogP contribution in [0.2, 0.25) is 0 Å². The zero-order chi connectivity index (χ0) is 10.9. The highest BCUT2D eigenvalue weighted by atomic mass is 32.2. The average molecular weight is 227 g/mol. The highest BCUT2D eigenvalue weighted by Crippen LogP contribution is 2.02. The van der Waals surface area contributed by atoms with Gasteiger partial charge in [-0.3, -0.25) is 4.72 Å². The Kier molecular flexibility index (Phi) is 5.39. The Balaban J connectivity index is 2.10. The molecule has 0 atom stereocenters. The van der Waals surface area contributed by atoms with Gasteiger partial charge in [0.05, 0.1) is 12.5 Å². The van der Waals surface area contributed by atoms with Crippen molar-refractivity contribution in [2.75, 3.05) is 17.8 Å². The molecule has 0 saturated carbocycles. The van der Waals surface area contributed by atoms with Gasteiger partial charge in [0.15, 0.2) is 0 Å². The summed E-state index contributed by atoms with van der Waals surface area (Å²) in [5.41, 5.74) is 0. The number of carbonyl (C=O) groups excluding carboxylic acids is 1. The third-order valence-electron chi connectivity index (χ3n) is 1.42. The Labute approximate surface area is 92.7 Å². The lowest BCUT2D eigenvalue weighted by Gasteiger charge is -2.05. The summed E-state index contributed by atoms with van der Waals surface area (Å²) in [6, 6.07) is 5.58. The van der Waals surface area contributed by atoms with Crippen molar-refractivity contribution in [2.24, 2.45) is 0 Å². The summed E-state index contributed by atoms with van der Waals surface area (Å²) >= 11 is 1.22. The SMILES string of the molecule is CCOC(=O)NSCNc1ccccn1. The third kappa shape index (κ3) is 5.11. The molecule has 6 heteroatoms. The van der Waals surface area contributed by atoms with Crippen molar-refractivity contribution in [3.05, 3.63) is 24.4 Å². The average Bonchev–Trinajstić information content (AvgIpc) is 2.26. The molecule has 82 valence electrons. The Bertz CT molecular complexity index is 295. The molecule has 15 heavy (non-hydrogen) atoms. The molecular weight excluding hydrogens is 214 g/mol. The quantitative estimate of drug-likeness (QED) is 0.456. The molecule has 0 radical (unpaired) electrons. The number of nitrogens with zero attached hydrogens (tertiary/aromatic N) is 1. The predicted octanol–water partition coefficient (Wildman–Crippen LogP) is 1.85. The van der Waals surface area contributed by atoms with Gasteiger partial charge in [-0.15, -0.1) is 0 Å². The normalized spacial score (nSPS) is 9.40. The van der Waals surface area contributed by atoms with Gasteiger partial charge in [0.25, 0.3) is 0 Å². The van der Waals surface area contributed by atoms with E-state index in [0.29, 0.717) is 12.5 Å². The summed E-state index contributed by atoms with van der Waals surface area (Å²) in [5, 5.41) is 3.02. The van der Waals surface area contributed by atoms with Crippen molar-refractivity contribution in [1.82, 2.24) is 9.71 Å². The Hall–Kier alpha value is -1.43. The molecule has 0 aromatic carbocycles. The van der Waals surface area contributed by atoms with Gasteiger partial charge in [0, 0.05) is 6.20 Å². The van der Waals surface area contributed by atoms with Crippen LogP contribution in [0.3, 0.4) is 0 Å². The first-order valence-corrected chi connectivity index (χ1v) is 5.51. The minimum absolute atomic E-state index is 0.375. The van der Waals surface area contributed by atoms with Gasteiger partial charge in [-0.1, -0.05) is 6.07 Å². The second kappa shape index (κ2) is 6.94. The lowest BCUT2D eigenvalue weighted by atomic mass is 10.5. The van der Waals surface area contributed by atoms with Crippen molar-refractivity contribution in [3.63, 3.8) is 0 Å². The van der Waals surface area contributed by atoms with E-state index in [2.05, 4.69) is 19.8 Å². The molecule has 1 rings (SSSR count). The predicted molar refractivity (Wildman–Crippen MR) is 60.5 cm³/mol. The Morgan fingerprint density at radius 1 is 1.60 bits per heavy atom. The Morgan fingerprint density at radius 3 is 3.13 bits per heavy atom. The number of ether oxygens (including phenoxy) is 1. The molecule has 0 aliphatic carbocycles. The first-order valence-electron chi connectivity index (χ1n) is 4.52. The van der Waals surface area contributed by atoms with E-state index in [1.54, 1.807) is 13.1 Å².